The van der Waals surface area contributed by atoms with Crippen molar-refractivity contribution in [1.82, 2.24) is 9.97 Å². The topological polar surface area (TPSA) is 44.2 Å². The molecule has 0 amide bonds. The minimum Gasteiger partial charge on any atom is -0.497 e. The van der Waals surface area contributed by atoms with Gasteiger partial charge in [0.2, 0.25) is 5.82 Å². The molecule has 1 aromatic carbocycles. The first-order valence-electron chi connectivity index (χ1n) is 7.33. The molecule has 1 heterocycles. The summed E-state index contributed by atoms with van der Waals surface area (Å²) in [5.74, 6) is -0.681. The second kappa shape index (κ2) is 8.33. The van der Waals surface area contributed by atoms with Crippen molar-refractivity contribution >= 4 is 11.6 Å². The highest BCUT2D eigenvalue weighted by atomic mass is 35.5. The fourth-order valence-electron chi connectivity index (χ4n) is 1.97. The number of benzene rings is 1. The first-order chi connectivity index (χ1) is 11.8. The van der Waals surface area contributed by atoms with E-state index < -0.39 is 29.4 Å². The molecule has 2 rings (SSSR count). The number of alkyl halides is 3. The van der Waals surface area contributed by atoms with Gasteiger partial charge in [0.05, 0.1) is 7.11 Å². The predicted molar refractivity (Wildman–Crippen MR) is 83.3 cm³/mol. The summed E-state index contributed by atoms with van der Waals surface area (Å²) in [5, 5.41) is -0.485. The largest absolute Gasteiger partial charge is 0.497 e. The first-order valence-corrected chi connectivity index (χ1v) is 7.70. The minimum absolute atomic E-state index is 0.000353. The van der Waals surface area contributed by atoms with Crippen LogP contribution in [0.25, 0.3) is 0 Å². The van der Waals surface area contributed by atoms with Crippen LogP contribution in [0.15, 0.2) is 24.3 Å². The standard InChI is InChI=1S/C16H15ClF4N2O2/c1-24-11-6-4-10(5-7-11)9-25-15-13(18)14(17)22-12(23-15)3-2-8-16(19,20)21/h4-7H,2-3,8-9H2,1H3. The lowest BCUT2D eigenvalue weighted by molar-refractivity contribution is -0.135. The molecule has 0 fully saturated rings. The summed E-state index contributed by atoms with van der Waals surface area (Å²) in [6.07, 6.45) is -5.55. The molecule has 9 heteroatoms. The van der Waals surface area contributed by atoms with Crippen LogP contribution in [0, 0.1) is 5.82 Å². The Kier molecular flexibility index (Phi) is 6.41. The SMILES string of the molecule is COc1ccc(COc2nc(CCCC(F)(F)F)nc(Cl)c2F)cc1. The van der Waals surface area contributed by atoms with Gasteiger partial charge in [0.15, 0.2) is 5.15 Å². The predicted octanol–water partition coefficient (Wildman–Crippen LogP) is 4.74. The number of ether oxygens (including phenoxy) is 2. The summed E-state index contributed by atoms with van der Waals surface area (Å²) in [6.45, 7) is 0.0102. The van der Waals surface area contributed by atoms with E-state index in [0.717, 1.165) is 5.56 Å². The average molecular weight is 379 g/mol. The molecule has 0 spiro atoms. The van der Waals surface area contributed by atoms with Gasteiger partial charge in [-0.3, -0.25) is 0 Å². The minimum atomic E-state index is -4.27. The summed E-state index contributed by atoms with van der Waals surface area (Å²) < 4.78 is 60.8. The molecular formula is C16H15ClF4N2O2. The molecule has 25 heavy (non-hydrogen) atoms. The molecular weight excluding hydrogens is 364 g/mol. The summed E-state index contributed by atoms with van der Waals surface area (Å²) in [6, 6.07) is 6.88. The van der Waals surface area contributed by atoms with Gasteiger partial charge in [0, 0.05) is 12.8 Å². The molecule has 0 atom stereocenters. The Morgan fingerprint density at radius 2 is 1.80 bits per heavy atom. The molecule has 0 saturated heterocycles. The second-order valence-corrected chi connectivity index (χ2v) is 5.51. The maximum absolute atomic E-state index is 13.9. The van der Waals surface area contributed by atoms with Gasteiger partial charge in [-0.2, -0.15) is 22.5 Å². The van der Waals surface area contributed by atoms with E-state index in [1.807, 2.05) is 0 Å². The van der Waals surface area contributed by atoms with Crippen molar-refractivity contribution in [2.45, 2.75) is 32.0 Å². The summed E-state index contributed by atoms with van der Waals surface area (Å²) in [7, 11) is 1.53. The van der Waals surface area contributed by atoms with E-state index >= 15 is 0 Å². The number of hydrogen-bond donors (Lipinski definition) is 0. The zero-order chi connectivity index (χ0) is 18.4. The van der Waals surface area contributed by atoms with Gasteiger partial charge in [0.1, 0.15) is 18.2 Å². The van der Waals surface area contributed by atoms with Crippen LogP contribution in [0.2, 0.25) is 5.15 Å². The van der Waals surface area contributed by atoms with Gasteiger partial charge in [-0.25, -0.2) is 4.98 Å². The monoisotopic (exact) mass is 378 g/mol. The summed E-state index contributed by atoms with van der Waals surface area (Å²) in [4.78, 5) is 7.46. The first kappa shape index (κ1) is 19.2. The number of aromatic nitrogens is 2. The van der Waals surface area contributed by atoms with Crippen molar-refractivity contribution < 1.29 is 27.0 Å². The lowest BCUT2D eigenvalue weighted by atomic mass is 10.2. The van der Waals surface area contributed by atoms with Crippen LogP contribution in [0.5, 0.6) is 11.6 Å². The zero-order valence-electron chi connectivity index (χ0n) is 13.2. The molecule has 4 nitrogen and oxygen atoms in total. The smallest absolute Gasteiger partial charge is 0.389 e. The van der Waals surface area contributed by atoms with Gasteiger partial charge in [-0.05, 0) is 24.1 Å². The van der Waals surface area contributed by atoms with Gasteiger partial charge < -0.3 is 9.47 Å². The second-order valence-electron chi connectivity index (χ2n) is 5.16. The molecule has 0 saturated carbocycles. The van der Waals surface area contributed by atoms with Crippen LogP contribution in [0.1, 0.15) is 24.2 Å². The molecule has 0 aliphatic rings. The molecule has 0 bridgehead atoms. The van der Waals surface area contributed by atoms with Crippen molar-refractivity contribution in [1.29, 1.82) is 0 Å². The molecule has 0 aliphatic carbocycles. The highest BCUT2D eigenvalue weighted by molar-refractivity contribution is 6.29. The number of methoxy groups -OCH3 is 1. The fourth-order valence-corrected chi connectivity index (χ4v) is 2.15. The molecule has 136 valence electrons. The fraction of sp³-hybridized carbons (Fsp3) is 0.375. The third-order valence-electron chi connectivity index (χ3n) is 3.22. The van der Waals surface area contributed by atoms with Gasteiger partial charge in [0.25, 0.3) is 5.88 Å². The number of hydrogen-bond acceptors (Lipinski definition) is 4. The van der Waals surface area contributed by atoms with E-state index in [1.165, 1.54) is 7.11 Å². The van der Waals surface area contributed by atoms with Crippen molar-refractivity contribution in [3.05, 3.63) is 46.6 Å². The normalized spacial score (nSPS) is 11.4. The molecule has 0 N–H and O–H groups in total. The molecule has 0 radical (unpaired) electrons. The Balaban J connectivity index is 2.03. The molecule has 2 aromatic rings. The number of rotatable bonds is 7. The Morgan fingerprint density at radius 1 is 1.12 bits per heavy atom. The third kappa shape index (κ3) is 6.04. The Labute approximate surface area is 146 Å². The van der Waals surface area contributed by atoms with Crippen LogP contribution in [0.4, 0.5) is 17.6 Å². The zero-order valence-corrected chi connectivity index (χ0v) is 14.0. The quantitative estimate of drug-likeness (QED) is 0.515. The number of halogens is 5. The van der Waals surface area contributed by atoms with Gasteiger partial charge in [-0.1, -0.05) is 23.7 Å². The van der Waals surface area contributed by atoms with Crippen LogP contribution < -0.4 is 9.47 Å². The van der Waals surface area contributed by atoms with E-state index in [4.69, 9.17) is 21.1 Å². The maximum atomic E-state index is 13.9. The van der Waals surface area contributed by atoms with Crippen molar-refractivity contribution in [2.75, 3.05) is 7.11 Å². The van der Waals surface area contributed by atoms with Gasteiger partial charge in [-0.15, -0.1) is 0 Å². The third-order valence-corrected chi connectivity index (χ3v) is 3.47. The molecule has 1 aromatic heterocycles. The highest BCUT2D eigenvalue weighted by Gasteiger charge is 2.26. The van der Waals surface area contributed by atoms with E-state index in [0.29, 0.717) is 5.75 Å². The summed E-state index contributed by atoms with van der Waals surface area (Å²) >= 11 is 5.66. The number of nitrogens with zero attached hydrogens (tertiary/aromatic N) is 2. The van der Waals surface area contributed by atoms with Crippen molar-refractivity contribution in [3.8, 4) is 11.6 Å². The highest BCUT2D eigenvalue weighted by Crippen LogP contribution is 2.25. The number of aryl methyl sites for hydroxylation is 1. The summed E-state index contributed by atoms with van der Waals surface area (Å²) in [5.41, 5.74) is 0.730. The van der Waals surface area contributed by atoms with Crippen molar-refractivity contribution in [2.24, 2.45) is 0 Å². The van der Waals surface area contributed by atoms with E-state index in [-0.39, 0.29) is 25.3 Å². The van der Waals surface area contributed by atoms with Crippen LogP contribution >= 0.6 is 11.6 Å². The maximum Gasteiger partial charge on any atom is 0.389 e. The Hall–Kier alpha value is -2.09. The average Bonchev–Trinajstić information content (AvgIpc) is 2.56. The van der Waals surface area contributed by atoms with Crippen molar-refractivity contribution in [3.63, 3.8) is 0 Å². The Morgan fingerprint density at radius 3 is 2.40 bits per heavy atom. The van der Waals surface area contributed by atoms with E-state index in [1.54, 1.807) is 24.3 Å². The molecule has 0 aliphatic heterocycles. The van der Waals surface area contributed by atoms with E-state index in [9.17, 15) is 17.6 Å². The lowest BCUT2D eigenvalue weighted by Crippen LogP contribution is -2.09. The lowest BCUT2D eigenvalue weighted by Gasteiger charge is -2.10. The van der Waals surface area contributed by atoms with Crippen LogP contribution in [-0.2, 0) is 13.0 Å². The Bertz CT molecular complexity index is 709. The van der Waals surface area contributed by atoms with Crippen LogP contribution in [0.3, 0.4) is 0 Å². The van der Waals surface area contributed by atoms with Crippen LogP contribution in [-0.4, -0.2) is 23.3 Å². The molecule has 0 unspecified atom stereocenters. The van der Waals surface area contributed by atoms with E-state index in [2.05, 4.69) is 9.97 Å². The van der Waals surface area contributed by atoms with Gasteiger partial charge >= 0.3 is 6.18 Å².